The minimum absolute atomic E-state index is 0.247. The van der Waals surface area contributed by atoms with E-state index in [-0.39, 0.29) is 5.91 Å². The van der Waals surface area contributed by atoms with Gasteiger partial charge in [0.1, 0.15) is 12.1 Å². The molecule has 0 saturated heterocycles. The van der Waals surface area contributed by atoms with Gasteiger partial charge >= 0.3 is 5.97 Å². The Kier molecular flexibility index (Phi) is 8.33. The van der Waals surface area contributed by atoms with E-state index in [1.807, 2.05) is 56.0 Å². The van der Waals surface area contributed by atoms with Gasteiger partial charge < -0.3 is 10.4 Å². The van der Waals surface area contributed by atoms with Gasteiger partial charge in [-0.25, -0.2) is 4.79 Å². The number of nitrogens with one attached hydrogen (secondary N) is 1. The normalized spacial score (nSPS) is 13.6. The summed E-state index contributed by atoms with van der Waals surface area (Å²) in [7, 11) is 0. The lowest BCUT2D eigenvalue weighted by Gasteiger charge is -2.30. The standard InChI is InChI=1S/C18H28N2O3/c1-4-7-13-15(18(22)23)19-17(21)16(20(5-2)6-3)14-11-9-8-10-12-14/h8-12,15-16H,4-7,13H2,1-3H3,(H,19,21)(H,22,23)/t15-,16?/m0/s1. The van der Waals surface area contributed by atoms with Gasteiger partial charge in [0.2, 0.25) is 5.91 Å². The van der Waals surface area contributed by atoms with E-state index in [0.717, 1.165) is 31.5 Å². The Hall–Kier alpha value is -1.88. The average Bonchev–Trinajstić information content (AvgIpc) is 2.56. The molecule has 0 radical (unpaired) electrons. The summed E-state index contributed by atoms with van der Waals surface area (Å²) in [5.74, 6) is -1.22. The molecule has 2 atom stereocenters. The van der Waals surface area contributed by atoms with Crippen molar-refractivity contribution in [1.82, 2.24) is 10.2 Å². The zero-order valence-corrected chi connectivity index (χ0v) is 14.3. The molecular formula is C18H28N2O3. The number of rotatable bonds is 10. The highest BCUT2D eigenvalue weighted by Gasteiger charge is 2.29. The molecule has 1 aromatic rings. The summed E-state index contributed by atoms with van der Waals surface area (Å²) in [5.41, 5.74) is 0.883. The Bertz CT molecular complexity index is 486. The number of carbonyl (C=O) groups is 2. The molecule has 0 heterocycles. The third kappa shape index (κ3) is 5.67. The second-order valence-corrected chi connectivity index (χ2v) is 5.58. The lowest BCUT2D eigenvalue weighted by molar-refractivity contribution is -0.143. The van der Waals surface area contributed by atoms with E-state index in [1.165, 1.54) is 0 Å². The zero-order valence-electron chi connectivity index (χ0n) is 14.3. The van der Waals surface area contributed by atoms with E-state index < -0.39 is 18.1 Å². The van der Waals surface area contributed by atoms with Crippen molar-refractivity contribution in [2.75, 3.05) is 13.1 Å². The maximum atomic E-state index is 12.8. The highest BCUT2D eigenvalue weighted by atomic mass is 16.4. The molecule has 0 aromatic heterocycles. The fourth-order valence-electron chi connectivity index (χ4n) is 2.67. The SMILES string of the molecule is CCCC[C@H](NC(=O)C(c1ccccc1)N(CC)CC)C(=O)O. The molecule has 0 aliphatic heterocycles. The molecule has 1 amide bonds. The van der Waals surface area contributed by atoms with E-state index in [0.29, 0.717) is 6.42 Å². The monoisotopic (exact) mass is 320 g/mol. The maximum absolute atomic E-state index is 12.8. The van der Waals surface area contributed by atoms with Crippen molar-refractivity contribution in [2.24, 2.45) is 0 Å². The van der Waals surface area contributed by atoms with Gasteiger partial charge in [-0.05, 0) is 25.1 Å². The van der Waals surface area contributed by atoms with Crippen LogP contribution in [0.5, 0.6) is 0 Å². The highest BCUT2D eigenvalue weighted by molar-refractivity contribution is 5.87. The first-order chi connectivity index (χ1) is 11.0. The van der Waals surface area contributed by atoms with Crippen LogP contribution in [-0.4, -0.2) is 41.0 Å². The Morgan fingerprint density at radius 3 is 2.22 bits per heavy atom. The number of unbranched alkanes of at least 4 members (excludes halogenated alkanes) is 1. The summed E-state index contributed by atoms with van der Waals surface area (Å²) in [6, 6.07) is 8.21. The number of hydrogen-bond donors (Lipinski definition) is 2. The quantitative estimate of drug-likeness (QED) is 0.695. The second kappa shape index (κ2) is 10.0. The first-order valence-corrected chi connectivity index (χ1v) is 8.37. The lowest BCUT2D eigenvalue weighted by Crippen LogP contribution is -2.47. The van der Waals surface area contributed by atoms with Crippen molar-refractivity contribution in [3.8, 4) is 0 Å². The number of amides is 1. The number of carboxylic acid groups (broad SMARTS) is 1. The Morgan fingerprint density at radius 1 is 1.13 bits per heavy atom. The molecule has 1 aromatic carbocycles. The summed E-state index contributed by atoms with van der Waals surface area (Å²) in [6.45, 7) is 7.44. The minimum Gasteiger partial charge on any atom is -0.480 e. The van der Waals surface area contributed by atoms with Crippen LogP contribution in [0.3, 0.4) is 0 Å². The molecule has 0 aliphatic rings. The van der Waals surface area contributed by atoms with Gasteiger partial charge in [-0.3, -0.25) is 9.69 Å². The average molecular weight is 320 g/mol. The third-order valence-electron chi connectivity index (χ3n) is 4.00. The number of benzene rings is 1. The van der Waals surface area contributed by atoms with E-state index >= 15 is 0 Å². The molecule has 1 unspecified atom stereocenters. The molecule has 5 nitrogen and oxygen atoms in total. The largest absolute Gasteiger partial charge is 0.480 e. The summed E-state index contributed by atoms with van der Waals surface area (Å²) in [4.78, 5) is 26.2. The van der Waals surface area contributed by atoms with Crippen molar-refractivity contribution in [3.63, 3.8) is 0 Å². The van der Waals surface area contributed by atoms with E-state index in [4.69, 9.17) is 0 Å². The van der Waals surface area contributed by atoms with Crippen molar-refractivity contribution in [1.29, 1.82) is 0 Å². The molecule has 5 heteroatoms. The Labute approximate surface area is 138 Å². The maximum Gasteiger partial charge on any atom is 0.326 e. The summed E-state index contributed by atoms with van der Waals surface area (Å²) >= 11 is 0. The molecule has 0 saturated carbocycles. The van der Waals surface area contributed by atoms with Crippen molar-refractivity contribution in [2.45, 2.75) is 52.1 Å². The van der Waals surface area contributed by atoms with Gasteiger partial charge in [0.25, 0.3) is 0 Å². The van der Waals surface area contributed by atoms with E-state index in [9.17, 15) is 14.7 Å². The van der Waals surface area contributed by atoms with Gasteiger partial charge in [0, 0.05) is 0 Å². The number of likely N-dealkylation sites (N-methyl/N-ethyl adjacent to an activating group) is 1. The van der Waals surface area contributed by atoms with Crippen LogP contribution in [0, 0.1) is 0 Å². The molecular weight excluding hydrogens is 292 g/mol. The molecule has 23 heavy (non-hydrogen) atoms. The first kappa shape index (κ1) is 19.2. The number of carbonyl (C=O) groups excluding carboxylic acids is 1. The zero-order chi connectivity index (χ0) is 17.2. The molecule has 128 valence electrons. The Balaban J connectivity index is 2.97. The first-order valence-electron chi connectivity index (χ1n) is 8.37. The van der Waals surface area contributed by atoms with Crippen LogP contribution in [0.1, 0.15) is 51.6 Å². The highest BCUT2D eigenvalue weighted by Crippen LogP contribution is 2.21. The van der Waals surface area contributed by atoms with Gasteiger partial charge in [0.05, 0.1) is 0 Å². The summed E-state index contributed by atoms with van der Waals surface area (Å²) < 4.78 is 0. The third-order valence-corrected chi connectivity index (χ3v) is 4.00. The van der Waals surface area contributed by atoms with Crippen LogP contribution < -0.4 is 5.32 Å². The fraction of sp³-hybridized carbons (Fsp3) is 0.556. The van der Waals surface area contributed by atoms with Crippen LogP contribution in [0.4, 0.5) is 0 Å². The summed E-state index contributed by atoms with van der Waals surface area (Å²) in [6.07, 6.45) is 2.13. The minimum atomic E-state index is -0.974. The van der Waals surface area contributed by atoms with Crippen molar-refractivity contribution < 1.29 is 14.7 Å². The molecule has 0 aliphatic carbocycles. The molecule has 0 bridgehead atoms. The van der Waals surface area contributed by atoms with E-state index in [2.05, 4.69) is 5.32 Å². The van der Waals surface area contributed by atoms with Crippen molar-refractivity contribution in [3.05, 3.63) is 35.9 Å². The number of carboxylic acids is 1. The smallest absolute Gasteiger partial charge is 0.326 e. The molecule has 0 spiro atoms. The predicted octanol–water partition coefficient (Wildman–Crippen LogP) is 2.83. The van der Waals surface area contributed by atoms with Gasteiger partial charge in [-0.1, -0.05) is 63.9 Å². The fourth-order valence-corrected chi connectivity index (χ4v) is 2.67. The van der Waals surface area contributed by atoms with Crippen LogP contribution in [-0.2, 0) is 9.59 Å². The van der Waals surface area contributed by atoms with Gasteiger partial charge in [-0.2, -0.15) is 0 Å². The van der Waals surface area contributed by atoms with E-state index in [1.54, 1.807) is 0 Å². The van der Waals surface area contributed by atoms with Crippen molar-refractivity contribution >= 4 is 11.9 Å². The Morgan fingerprint density at radius 2 is 1.74 bits per heavy atom. The molecule has 2 N–H and O–H groups in total. The van der Waals surface area contributed by atoms with Crippen LogP contribution in [0.2, 0.25) is 0 Å². The van der Waals surface area contributed by atoms with Gasteiger partial charge in [0.15, 0.2) is 0 Å². The van der Waals surface area contributed by atoms with Crippen LogP contribution in [0.15, 0.2) is 30.3 Å². The molecule has 1 rings (SSSR count). The number of aliphatic carboxylic acids is 1. The predicted molar refractivity (Wildman–Crippen MR) is 91.2 cm³/mol. The number of nitrogens with zero attached hydrogens (tertiary/aromatic N) is 1. The summed E-state index contributed by atoms with van der Waals surface area (Å²) in [5, 5.41) is 12.0. The second-order valence-electron chi connectivity index (χ2n) is 5.58. The van der Waals surface area contributed by atoms with Gasteiger partial charge in [-0.15, -0.1) is 0 Å². The number of hydrogen-bond acceptors (Lipinski definition) is 3. The molecule has 0 fully saturated rings. The van der Waals surface area contributed by atoms with Crippen LogP contribution in [0.25, 0.3) is 0 Å². The van der Waals surface area contributed by atoms with Crippen LogP contribution >= 0.6 is 0 Å². The topological polar surface area (TPSA) is 69.6 Å². The lowest BCUT2D eigenvalue weighted by atomic mass is 10.0.